The zero-order valence-corrected chi connectivity index (χ0v) is 12.6. The summed E-state index contributed by atoms with van der Waals surface area (Å²) in [5.41, 5.74) is 2.69. The van der Waals surface area contributed by atoms with Crippen LogP contribution in [0.15, 0.2) is 42.5 Å². The number of phenols is 1. The van der Waals surface area contributed by atoms with Crippen molar-refractivity contribution in [2.45, 2.75) is 19.5 Å². The van der Waals surface area contributed by atoms with Crippen molar-refractivity contribution in [3.05, 3.63) is 59.4 Å². The number of halogens is 1. The molecule has 0 saturated heterocycles. The number of aromatic hydroxyl groups is 1. The summed E-state index contributed by atoms with van der Waals surface area (Å²) >= 11 is 0. The molecule has 0 amide bonds. The lowest BCUT2D eigenvalue weighted by molar-refractivity contribution is 0.402. The molecule has 0 aliphatic heterocycles. The minimum atomic E-state index is -0.349. The van der Waals surface area contributed by atoms with E-state index in [9.17, 15) is 9.50 Å². The van der Waals surface area contributed by atoms with Crippen LogP contribution in [0.25, 0.3) is 0 Å². The predicted molar refractivity (Wildman–Crippen MR) is 83.9 cm³/mol. The van der Waals surface area contributed by atoms with Gasteiger partial charge in [-0.05, 0) is 56.9 Å². The van der Waals surface area contributed by atoms with Crippen molar-refractivity contribution in [2.24, 2.45) is 0 Å². The fraction of sp³-hybridized carbons (Fsp3) is 0.294. The SMILES string of the molecule is CC(Nc1cccc(CN(C)C)c1)c1cc(F)ccc1O. The van der Waals surface area contributed by atoms with E-state index in [0.717, 1.165) is 12.2 Å². The third kappa shape index (κ3) is 4.20. The molecule has 4 heteroatoms. The first-order valence-corrected chi connectivity index (χ1v) is 6.94. The molecule has 21 heavy (non-hydrogen) atoms. The van der Waals surface area contributed by atoms with Crippen molar-refractivity contribution < 1.29 is 9.50 Å². The second kappa shape index (κ2) is 6.59. The second-order valence-electron chi connectivity index (χ2n) is 5.51. The first-order chi connectivity index (χ1) is 9.95. The first-order valence-electron chi connectivity index (χ1n) is 6.94. The van der Waals surface area contributed by atoms with Gasteiger partial charge >= 0.3 is 0 Å². The third-order valence-corrected chi connectivity index (χ3v) is 3.27. The number of hydrogen-bond donors (Lipinski definition) is 2. The van der Waals surface area contributed by atoms with Gasteiger partial charge in [-0.25, -0.2) is 4.39 Å². The summed E-state index contributed by atoms with van der Waals surface area (Å²) < 4.78 is 13.3. The quantitative estimate of drug-likeness (QED) is 0.879. The van der Waals surface area contributed by atoms with E-state index >= 15 is 0 Å². The van der Waals surface area contributed by atoms with Gasteiger partial charge in [0.15, 0.2) is 0 Å². The van der Waals surface area contributed by atoms with Gasteiger partial charge in [-0.1, -0.05) is 12.1 Å². The summed E-state index contributed by atoms with van der Waals surface area (Å²) in [5.74, 6) is -0.251. The molecule has 0 heterocycles. The Labute approximate surface area is 125 Å². The van der Waals surface area contributed by atoms with Crippen LogP contribution in [0, 0.1) is 5.82 Å². The van der Waals surface area contributed by atoms with Gasteiger partial charge in [0.05, 0.1) is 6.04 Å². The molecule has 3 nitrogen and oxygen atoms in total. The van der Waals surface area contributed by atoms with Crippen LogP contribution < -0.4 is 5.32 Å². The largest absolute Gasteiger partial charge is 0.508 e. The molecule has 0 spiro atoms. The Bertz CT molecular complexity index is 613. The van der Waals surface area contributed by atoms with Crippen LogP contribution in [0.4, 0.5) is 10.1 Å². The third-order valence-electron chi connectivity index (χ3n) is 3.27. The minimum Gasteiger partial charge on any atom is -0.508 e. The Hall–Kier alpha value is -2.07. The molecule has 1 unspecified atom stereocenters. The highest BCUT2D eigenvalue weighted by Crippen LogP contribution is 2.27. The summed E-state index contributed by atoms with van der Waals surface area (Å²) in [6.07, 6.45) is 0. The molecule has 0 fully saturated rings. The van der Waals surface area contributed by atoms with Crippen LogP contribution in [-0.4, -0.2) is 24.1 Å². The lowest BCUT2D eigenvalue weighted by Crippen LogP contribution is -2.11. The van der Waals surface area contributed by atoms with E-state index < -0.39 is 0 Å². The molecule has 0 aliphatic carbocycles. The molecule has 0 aromatic heterocycles. The Morgan fingerprint density at radius 2 is 1.95 bits per heavy atom. The van der Waals surface area contributed by atoms with Crippen molar-refractivity contribution >= 4 is 5.69 Å². The van der Waals surface area contributed by atoms with Crippen LogP contribution in [0.2, 0.25) is 0 Å². The molecule has 2 N–H and O–H groups in total. The van der Waals surface area contributed by atoms with Crippen LogP contribution in [0.3, 0.4) is 0 Å². The Balaban J connectivity index is 2.15. The zero-order valence-electron chi connectivity index (χ0n) is 12.6. The average molecular weight is 288 g/mol. The maximum Gasteiger partial charge on any atom is 0.123 e. The van der Waals surface area contributed by atoms with Gasteiger partial charge in [-0.3, -0.25) is 0 Å². The number of phenolic OH excluding ortho intramolecular Hbond substituents is 1. The summed E-state index contributed by atoms with van der Waals surface area (Å²) in [6, 6.07) is 11.9. The lowest BCUT2D eigenvalue weighted by Gasteiger charge is -2.18. The molecule has 2 aromatic rings. The maximum absolute atomic E-state index is 13.3. The fourth-order valence-corrected chi connectivity index (χ4v) is 2.32. The monoisotopic (exact) mass is 288 g/mol. The van der Waals surface area contributed by atoms with E-state index in [1.54, 1.807) is 0 Å². The minimum absolute atomic E-state index is 0.0980. The predicted octanol–water partition coefficient (Wildman–Crippen LogP) is 3.77. The number of rotatable bonds is 5. The lowest BCUT2D eigenvalue weighted by atomic mass is 10.1. The Kier molecular flexibility index (Phi) is 4.81. The Morgan fingerprint density at radius 3 is 2.67 bits per heavy atom. The van der Waals surface area contributed by atoms with Crippen molar-refractivity contribution in [1.29, 1.82) is 0 Å². The maximum atomic E-state index is 13.3. The standard InChI is InChI=1S/C17H21FN2O/c1-12(16-10-14(18)7-8-17(16)21)19-15-6-4-5-13(9-15)11-20(2)3/h4-10,12,19,21H,11H2,1-3H3. The number of nitrogens with zero attached hydrogens (tertiary/aromatic N) is 1. The molecule has 1 atom stereocenters. The number of nitrogens with one attached hydrogen (secondary N) is 1. The molecule has 2 aromatic carbocycles. The normalized spacial score (nSPS) is 12.4. The molecule has 0 radical (unpaired) electrons. The highest BCUT2D eigenvalue weighted by molar-refractivity contribution is 5.49. The van der Waals surface area contributed by atoms with Gasteiger partial charge in [0.2, 0.25) is 0 Å². The van der Waals surface area contributed by atoms with Gasteiger partial charge in [-0.2, -0.15) is 0 Å². The fourth-order valence-electron chi connectivity index (χ4n) is 2.32. The van der Waals surface area contributed by atoms with Crippen LogP contribution in [0.1, 0.15) is 24.1 Å². The van der Waals surface area contributed by atoms with Crippen molar-refractivity contribution in [3.63, 3.8) is 0 Å². The summed E-state index contributed by atoms with van der Waals surface area (Å²) in [7, 11) is 4.04. The molecule has 0 bridgehead atoms. The van der Waals surface area contributed by atoms with Gasteiger partial charge in [0, 0.05) is 17.8 Å². The molecule has 2 rings (SSSR count). The molecule has 0 aliphatic rings. The second-order valence-corrected chi connectivity index (χ2v) is 5.51. The van der Waals surface area contributed by atoms with Crippen LogP contribution in [-0.2, 0) is 6.54 Å². The summed E-state index contributed by atoms with van der Waals surface area (Å²) in [5, 5.41) is 13.1. The van der Waals surface area contributed by atoms with Gasteiger partial charge in [0.1, 0.15) is 11.6 Å². The highest BCUT2D eigenvalue weighted by atomic mass is 19.1. The number of benzene rings is 2. The van der Waals surface area contributed by atoms with Crippen molar-refractivity contribution in [3.8, 4) is 5.75 Å². The van der Waals surface area contributed by atoms with E-state index in [4.69, 9.17) is 0 Å². The van der Waals surface area contributed by atoms with E-state index in [2.05, 4.69) is 22.3 Å². The molecular formula is C17H21FN2O. The highest BCUT2D eigenvalue weighted by Gasteiger charge is 2.11. The first kappa shape index (κ1) is 15.3. The van der Waals surface area contributed by atoms with E-state index in [1.165, 1.54) is 23.8 Å². The topological polar surface area (TPSA) is 35.5 Å². The number of hydrogen-bond acceptors (Lipinski definition) is 3. The van der Waals surface area contributed by atoms with Gasteiger partial charge in [0.25, 0.3) is 0 Å². The van der Waals surface area contributed by atoms with E-state index in [1.807, 2.05) is 33.2 Å². The van der Waals surface area contributed by atoms with E-state index in [-0.39, 0.29) is 17.6 Å². The van der Waals surface area contributed by atoms with E-state index in [0.29, 0.717) is 5.56 Å². The zero-order chi connectivity index (χ0) is 15.4. The van der Waals surface area contributed by atoms with Gasteiger partial charge < -0.3 is 15.3 Å². The summed E-state index contributed by atoms with van der Waals surface area (Å²) in [4.78, 5) is 2.10. The summed E-state index contributed by atoms with van der Waals surface area (Å²) in [6.45, 7) is 2.75. The smallest absolute Gasteiger partial charge is 0.123 e. The number of anilines is 1. The molecular weight excluding hydrogens is 267 g/mol. The molecule has 0 saturated carbocycles. The van der Waals surface area contributed by atoms with Crippen LogP contribution >= 0.6 is 0 Å². The average Bonchev–Trinajstić information content (AvgIpc) is 2.41. The van der Waals surface area contributed by atoms with Gasteiger partial charge in [-0.15, -0.1) is 0 Å². The Morgan fingerprint density at radius 1 is 1.19 bits per heavy atom. The van der Waals surface area contributed by atoms with Crippen molar-refractivity contribution in [1.82, 2.24) is 4.90 Å². The molecule has 112 valence electrons. The van der Waals surface area contributed by atoms with Crippen LogP contribution in [0.5, 0.6) is 5.75 Å². The van der Waals surface area contributed by atoms with Crippen molar-refractivity contribution in [2.75, 3.05) is 19.4 Å².